The van der Waals surface area contributed by atoms with Gasteiger partial charge in [0.1, 0.15) is 12.1 Å². The predicted molar refractivity (Wildman–Crippen MR) is 59.5 cm³/mol. The Balaban J connectivity index is 3.16. The van der Waals surface area contributed by atoms with Crippen molar-refractivity contribution < 1.29 is 24.7 Å². The van der Waals surface area contributed by atoms with Crippen LogP contribution in [0.5, 0.6) is 5.75 Å². The maximum Gasteiger partial charge on any atom is 0.323 e. The minimum atomic E-state index is -1.28. The quantitative estimate of drug-likeness (QED) is 0.527. The number of rotatable bonds is 4. The first-order valence-electron chi connectivity index (χ1n) is 4.81. The fourth-order valence-electron chi connectivity index (χ4n) is 1.30. The van der Waals surface area contributed by atoms with Crippen molar-refractivity contribution in [3.05, 3.63) is 33.4 Å². The number of aliphatic carboxylic acids is 1. The molecule has 0 heterocycles. The van der Waals surface area contributed by atoms with Crippen molar-refractivity contribution in [2.24, 2.45) is 0 Å². The Morgan fingerprint density at radius 2 is 2.06 bits per heavy atom. The van der Waals surface area contributed by atoms with Gasteiger partial charge in [-0.2, -0.15) is 0 Å². The highest BCUT2D eigenvalue weighted by Gasteiger charge is 2.26. The molecule has 8 heteroatoms. The maximum absolute atomic E-state index is 11.5. The van der Waals surface area contributed by atoms with Gasteiger partial charge in [-0.15, -0.1) is 0 Å². The van der Waals surface area contributed by atoms with E-state index in [1.165, 1.54) is 13.0 Å². The number of benzene rings is 1. The van der Waals surface area contributed by atoms with Crippen molar-refractivity contribution in [3.8, 4) is 5.75 Å². The summed E-state index contributed by atoms with van der Waals surface area (Å²) in [7, 11) is 0. The molecule has 8 nitrogen and oxygen atoms in total. The van der Waals surface area contributed by atoms with E-state index < -0.39 is 34.8 Å². The lowest BCUT2D eigenvalue weighted by Gasteiger charge is -2.06. The number of phenols is 1. The van der Waals surface area contributed by atoms with Crippen LogP contribution in [0.3, 0.4) is 0 Å². The van der Waals surface area contributed by atoms with Crippen LogP contribution in [0, 0.1) is 17.0 Å². The number of carboxylic acid groups (broad SMARTS) is 1. The van der Waals surface area contributed by atoms with Crippen molar-refractivity contribution in [2.75, 3.05) is 6.54 Å². The second-order valence-electron chi connectivity index (χ2n) is 3.46. The number of amides is 1. The topological polar surface area (TPSA) is 130 Å². The number of carboxylic acids is 1. The molecule has 1 amide bonds. The molecule has 0 atom stereocenters. The predicted octanol–water partition coefficient (Wildman–Crippen LogP) is 0.423. The molecule has 1 aromatic carbocycles. The Morgan fingerprint density at radius 3 is 2.56 bits per heavy atom. The molecule has 3 N–H and O–H groups in total. The molecule has 0 aliphatic rings. The van der Waals surface area contributed by atoms with E-state index in [9.17, 15) is 24.8 Å². The van der Waals surface area contributed by atoms with Gasteiger partial charge in [-0.25, -0.2) is 0 Å². The summed E-state index contributed by atoms with van der Waals surface area (Å²) >= 11 is 0. The fraction of sp³-hybridized carbons (Fsp3) is 0.200. The molecule has 0 aromatic heterocycles. The number of phenolic OH excluding ortho intramolecular Hbond substituents is 1. The number of nitrogens with one attached hydrogen (secondary N) is 1. The van der Waals surface area contributed by atoms with Crippen molar-refractivity contribution in [3.63, 3.8) is 0 Å². The van der Waals surface area contributed by atoms with Gasteiger partial charge in [-0.05, 0) is 18.6 Å². The average molecular weight is 254 g/mol. The van der Waals surface area contributed by atoms with Crippen LogP contribution < -0.4 is 5.32 Å². The van der Waals surface area contributed by atoms with Crippen LogP contribution in [0.25, 0.3) is 0 Å². The number of carbonyl (C=O) groups excluding carboxylic acids is 1. The third-order valence-corrected chi connectivity index (χ3v) is 2.18. The van der Waals surface area contributed by atoms with Crippen LogP contribution in [0.15, 0.2) is 12.1 Å². The lowest BCUT2D eigenvalue weighted by atomic mass is 10.1. The number of hydrogen-bond acceptors (Lipinski definition) is 5. The number of nitrogens with zero attached hydrogens (tertiary/aromatic N) is 1. The van der Waals surface area contributed by atoms with Gasteiger partial charge in [0, 0.05) is 0 Å². The van der Waals surface area contributed by atoms with E-state index in [-0.39, 0.29) is 11.1 Å². The number of nitro groups is 1. The van der Waals surface area contributed by atoms with Crippen molar-refractivity contribution in [2.45, 2.75) is 6.92 Å². The Labute approximate surface area is 101 Å². The van der Waals surface area contributed by atoms with E-state index in [4.69, 9.17) is 5.11 Å². The highest BCUT2D eigenvalue weighted by molar-refractivity contribution is 6.00. The molecule has 96 valence electrons. The Morgan fingerprint density at radius 1 is 1.44 bits per heavy atom. The van der Waals surface area contributed by atoms with Gasteiger partial charge < -0.3 is 15.5 Å². The second-order valence-corrected chi connectivity index (χ2v) is 3.46. The fourth-order valence-corrected chi connectivity index (χ4v) is 1.30. The number of hydrogen-bond donors (Lipinski definition) is 3. The average Bonchev–Trinajstić information content (AvgIpc) is 2.28. The third-order valence-electron chi connectivity index (χ3n) is 2.18. The third kappa shape index (κ3) is 2.73. The molecular weight excluding hydrogens is 244 g/mol. The van der Waals surface area contributed by atoms with Crippen LogP contribution in [-0.4, -0.2) is 33.6 Å². The van der Waals surface area contributed by atoms with E-state index in [1.807, 2.05) is 5.32 Å². The summed E-state index contributed by atoms with van der Waals surface area (Å²) in [6.07, 6.45) is 0. The Bertz CT molecular complexity index is 525. The number of carbonyl (C=O) groups is 2. The molecule has 0 spiro atoms. The highest BCUT2D eigenvalue weighted by atomic mass is 16.6. The minimum absolute atomic E-state index is 0.247. The van der Waals surface area contributed by atoms with Gasteiger partial charge in [0.15, 0.2) is 5.75 Å². The summed E-state index contributed by atoms with van der Waals surface area (Å²) in [5.74, 6) is -2.82. The van der Waals surface area contributed by atoms with Gasteiger partial charge in [0.2, 0.25) is 0 Å². The first kappa shape index (κ1) is 13.4. The SMILES string of the molecule is Cc1ccc(C(=O)NCC(=O)O)c([N+](=O)[O-])c1O. The van der Waals surface area contributed by atoms with Gasteiger partial charge in [0.25, 0.3) is 5.91 Å². The zero-order valence-electron chi connectivity index (χ0n) is 9.34. The standard InChI is InChI=1S/C10H10N2O6/c1-5-2-3-6(8(9(5)15)12(17)18)10(16)11-4-7(13)14/h2-3,15H,4H2,1H3,(H,11,16)(H,13,14). The zero-order valence-corrected chi connectivity index (χ0v) is 9.34. The molecule has 0 saturated heterocycles. The molecular formula is C10H10N2O6. The maximum atomic E-state index is 11.5. The molecule has 1 rings (SSSR count). The van der Waals surface area contributed by atoms with E-state index in [2.05, 4.69) is 0 Å². The van der Waals surface area contributed by atoms with E-state index >= 15 is 0 Å². The molecule has 0 unspecified atom stereocenters. The first-order valence-corrected chi connectivity index (χ1v) is 4.81. The number of nitro benzene ring substituents is 1. The Kier molecular flexibility index (Phi) is 3.82. The summed E-state index contributed by atoms with van der Waals surface area (Å²) in [5, 5.41) is 30.7. The van der Waals surface area contributed by atoms with Crippen LogP contribution in [-0.2, 0) is 4.79 Å². The summed E-state index contributed by atoms with van der Waals surface area (Å²) in [6, 6.07) is 2.49. The molecule has 0 fully saturated rings. The second kappa shape index (κ2) is 5.13. The highest BCUT2D eigenvalue weighted by Crippen LogP contribution is 2.32. The van der Waals surface area contributed by atoms with Gasteiger partial charge in [-0.3, -0.25) is 19.7 Å². The molecule has 0 bridgehead atoms. The molecule has 0 aliphatic heterocycles. The van der Waals surface area contributed by atoms with Crippen molar-refractivity contribution in [1.29, 1.82) is 0 Å². The minimum Gasteiger partial charge on any atom is -0.502 e. The smallest absolute Gasteiger partial charge is 0.323 e. The van der Waals surface area contributed by atoms with E-state index in [0.29, 0.717) is 0 Å². The van der Waals surface area contributed by atoms with E-state index in [0.717, 1.165) is 6.07 Å². The van der Waals surface area contributed by atoms with E-state index in [1.54, 1.807) is 0 Å². The largest absolute Gasteiger partial charge is 0.502 e. The normalized spacial score (nSPS) is 9.83. The van der Waals surface area contributed by atoms with Crippen LogP contribution >= 0.6 is 0 Å². The number of aromatic hydroxyl groups is 1. The molecule has 18 heavy (non-hydrogen) atoms. The number of aryl methyl sites for hydroxylation is 1. The van der Waals surface area contributed by atoms with Crippen LogP contribution in [0.2, 0.25) is 0 Å². The monoisotopic (exact) mass is 254 g/mol. The molecule has 0 aliphatic carbocycles. The molecule has 0 saturated carbocycles. The summed E-state index contributed by atoms with van der Waals surface area (Å²) in [5.41, 5.74) is -0.876. The zero-order chi connectivity index (χ0) is 13.9. The lowest BCUT2D eigenvalue weighted by molar-refractivity contribution is -0.386. The van der Waals surface area contributed by atoms with Crippen molar-refractivity contribution >= 4 is 17.6 Å². The van der Waals surface area contributed by atoms with Crippen molar-refractivity contribution in [1.82, 2.24) is 5.32 Å². The summed E-state index contributed by atoms with van der Waals surface area (Å²) in [4.78, 5) is 31.7. The summed E-state index contributed by atoms with van der Waals surface area (Å²) < 4.78 is 0. The van der Waals surface area contributed by atoms with Gasteiger partial charge >= 0.3 is 11.7 Å². The Hall–Kier alpha value is -2.64. The lowest BCUT2D eigenvalue weighted by Crippen LogP contribution is -2.29. The van der Waals surface area contributed by atoms with Crippen LogP contribution in [0.4, 0.5) is 5.69 Å². The molecule has 0 radical (unpaired) electrons. The van der Waals surface area contributed by atoms with Crippen LogP contribution in [0.1, 0.15) is 15.9 Å². The summed E-state index contributed by atoms with van der Waals surface area (Å²) in [6.45, 7) is 0.784. The first-order chi connectivity index (χ1) is 8.34. The van der Waals surface area contributed by atoms with Gasteiger partial charge in [-0.1, -0.05) is 6.07 Å². The van der Waals surface area contributed by atoms with Gasteiger partial charge in [0.05, 0.1) is 4.92 Å². The molecule has 1 aromatic rings.